The third-order valence-corrected chi connectivity index (χ3v) is 4.10. The normalized spacial score (nSPS) is 12.2. The van der Waals surface area contributed by atoms with E-state index in [0.717, 1.165) is 15.8 Å². The lowest BCUT2D eigenvalue weighted by Gasteiger charge is -2.21. The van der Waals surface area contributed by atoms with E-state index in [2.05, 4.69) is 64.6 Å². The lowest BCUT2D eigenvalue weighted by molar-refractivity contribution is 0.405. The van der Waals surface area contributed by atoms with Crippen LogP contribution in [0.4, 0.5) is 0 Å². The van der Waals surface area contributed by atoms with Crippen LogP contribution in [-0.2, 0) is 0 Å². The lowest BCUT2D eigenvalue weighted by atomic mass is 9.97. The van der Waals surface area contributed by atoms with Gasteiger partial charge in [0.2, 0.25) is 0 Å². The van der Waals surface area contributed by atoms with Gasteiger partial charge in [-0.2, -0.15) is 0 Å². The van der Waals surface area contributed by atoms with Crippen molar-refractivity contribution in [3.8, 4) is 5.75 Å². The number of halogens is 1. The molecule has 0 fully saturated rings. The molecule has 1 N–H and O–H groups in total. The minimum absolute atomic E-state index is 0.119. The van der Waals surface area contributed by atoms with E-state index in [-0.39, 0.29) is 6.04 Å². The molecule has 2 rings (SSSR count). The first-order valence-corrected chi connectivity index (χ1v) is 7.03. The Hall–Kier alpha value is -1.32. The molecule has 0 saturated carbocycles. The van der Waals surface area contributed by atoms with Crippen LogP contribution in [0.15, 0.2) is 46.9 Å². The molecule has 0 amide bonds. The quantitative estimate of drug-likeness (QED) is 0.917. The van der Waals surface area contributed by atoms with E-state index in [0.29, 0.717) is 0 Å². The summed E-state index contributed by atoms with van der Waals surface area (Å²) >= 11 is 3.60. The summed E-state index contributed by atoms with van der Waals surface area (Å²) in [5, 5.41) is 3.36. The molecule has 0 aliphatic carbocycles. The topological polar surface area (TPSA) is 21.3 Å². The highest BCUT2D eigenvalue weighted by molar-refractivity contribution is 9.10. The molecule has 2 aromatic rings. The van der Waals surface area contributed by atoms with Crippen LogP contribution in [0.25, 0.3) is 0 Å². The maximum atomic E-state index is 5.52. The summed E-state index contributed by atoms with van der Waals surface area (Å²) in [7, 11) is 3.68. The van der Waals surface area contributed by atoms with E-state index in [1.165, 1.54) is 11.1 Å². The van der Waals surface area contributed by atoms with Crippen molar-refractivity contribution in [2.24, 2.45) is 0 Å². The average molecular weight is 320 g/mol. The van der Waals surface area contributed by atoms with Crippen molar-refractivity contribution in [3.63, 3.8) is 0 Å². The van der Waals surface area contributed by atoms with E-state index < -0.39 is 0 Å². The van der Waals surface area contributed by atoms with Crippen LogP contribution in [0.1, 0.15) is 22.7 Å². The van der Waals surface area contributed by atoms with Crippen LogP contribution < -0.4 is 10.1 Å². The molecule has 2 aromatic carbocycles. The Morgan fingerprint density at radius 3 is 2.42 bits per heavy atom. The second-order valence-corrected chi connectivity index (χ2v) is 5.33. The molecule has 0 aliphatic rings. The van der Waals surface area contributed by atoms with Gasteiger partial charge in [-0.05, 0) is 37.2 Å². The van der Waals surface area contributed by atoms with E-state index >= 15 is 0 Å². The summed E-state index contributed by atoms with van der Waals surface area (Å²) in [5.74, 6) is 0.906. The first kappa shape index (κ1) is 14.1. The van der Waals surface area contributed by atoms with Crippen molar-refractivity contribution in [3.05, 3.63) is 63.6 Å². The fourth-order valence-electron chi connectivity index (χ4n) is 2.22. The van der Waals surface area contributed by atoms with Crippen molar-refractivity contribution < 1.29 is 4.74 Å². The smallest absolute Gasteiger partial charge is 0.124 e. The summed E-state index contributed by atoms with van der Waals surface area (Å²) < 4.78 is 6.62. The highest BCUT2D eigenvalue weighted by Gasteiger charge is 2.17. The Morgan fingerprint density at radius 1 is 1.16 bits per heavy atom. The van der Waals surface area contributed by atoms with Crippen LogP contribution in [-0.4, -0.2) is 14.2 Å². The predicted molar refractivity (Wildman–Crippen MR) is 82.8 cm³/mol. The molecule has 100 valence electrons. The number of hydrogen-bond donors (Lipinski definition) is 1. The molecule has 0 saturated heterocycles. The third-order valence-electron chi connectivity index (χ3n) is 3.24. The summed E-state index contributed by atoms with van der Waals surface area (Å²) in [4.78, 5) is 0. The first-order valence-electron chi connectivity index (χ1n) is 6.23. The molecule has 19 heavy (non-hydrogen) atoms. The minimum atomic E-state index is 0.119. The van der Waals surface area contributed by atoms with Crippen molar-refractivity contribution in [1.82, 2.24) is 5.32 Å². The molecule has 1 unspecified atom stereocenters. The minimum Gasteiger partial charge on any atom is -0.496 e. The zero-order chi connectivity index (χ0) is 13.8. The standard InChI is InChI=1S/C16H18BrNO/c1-11-9-15(19-3)13(10-14(11)17)16(18-2)12-7-5-4-6-8-12/h4-10,16,18H,1-3H3. The van der Waals surface area contributed by atoms with Crippen LogP contribution in [0.5, 0.6) is 5.75 Å². The second kappa shape index (κ2) is 6.22. The highest BCUT2D eigenvalue weighted by Crippen LogP contribution is 2.34. The first-order chi connectivity index (χ1) is 9.17. The van der Waals surface area contributed by atoms with Gasteiger partial charge in [0.15, 0.2) is 0 Å². The van der Waals surface area contributed by atoms with Gasteiger partial charge >= 0.3 is 0 Å². The number of rotatable bonds is 4. The van der Waals surface area contributed by atoms with Gasteiger partial charge in [-0.15, -0.1) is 0 Å². The number of methoxy groups -OCH3 is 1. The van der Waals surface area contributed by atoms with Gasteiger partial charge in [-0.1, -0.05) is 46.3 Å². The Balaban J connectivity index is 2.52. The zero-order valence-corrected chi connectivity index (χ0v) is 13.0. The van der Waals surface area contributed by atoms with E-state index in [1.54, 1.807) is 7.11 Å². The Bertz CT molecular complexity index is 554. The Kier molecular flexibility index (Phi) is 4.61. The Labute approximate surface area is 122 Å². The summed E-state index contributed by atoms with van der Waals surface area (Å²) in [6.07, 6.45) is 0. The van der Waals surface area contributed by atoms with Crippen molar-refractivity contribution >= 4 is 15.9 Å². The van der Waals surface area contributed by atoms with E-state index in [4.69, 9.17) is 4.74 Å². The average Bonchev–Trinajstić information content (AvgIpc) is 2.44. The van der Waals surface area contributed by atoms with Gasteiger partial charge in [0.25, 0.3) is 0 Å². The molecule has 0 radical (unpaired) electrons. The number of hydrogen-bond acceptors (Lipinski definition) is 2. The monoisotopic (exact) mass is 319 g/mol. The number of nitrogens with one attached hydrogen (secondary N) is 1. The van der Waals surface area contributed by atoms with Gasteiger partial charge in [-0.25, -0.2) is 0 Å². The van der Waals surface area contributed by atoms with Crippen LogP contribution in [0, 0.1) is 6.92 Å². The van der Waals surface area contributed by atoms with E-state index in [9.17, 15) is 0 Å². The number of benzene rings is 2. The molecule has 0 bridgehead atoms. The van der Waals surface area contributed by atoms with Gasteiger partial charge < -0.3 is 10.1 Å². The SMILES string of the molecule is CNC(c1ccccc1)c1cc(Br)c(C)cc1OC. The highest BCUT2D eigenvalue weighted by atomic mass is 79.9. The number of aryl methyl sites for hydroxylation is 1. The molecule has 2 nitrogen and oxygen atoms in total. The molecular weight excluding hydrogens is 302 g/mol. The van der Waals surface area contributed by atoms with Crippen molar-refractivity contribution in [2.75, 3.05) is 14.2 Å². The van der Waals surface area contributed by atoms with Crippen LogP contribution >= 0.6 is 15.9 Å². The van der Waals surface area contributed by atoms with Gasteiger partial charge in [0, 0.05) is 10.0 Å². The van der Waals surface area contributed by atoms with Gasteiger partial charge in [0.1, 0.15) is 5.75 Å². The van der Waals surface area contributed by atoms with E-state index in [1.807, 2.05) is 13.1 Å². The molecule has 0 aromatic heterocycles. The van der Waals surface area contributed by atoms with Gasteiger partial charge in [-0.3, -0.25) is 0 Å². The lowest BCUT2D eigenvalue weighted by Crippen LogP contribution is -2.18. The maximum Gasteiger partial charge on any atom is 0.124 e. The fraction of sp³-hybridized carbons (Fsp3) is 0.250. The maximum absolute atomic E-state index is 5.52. The third kappa shape index (κ3) is 2.99. The number of ether oxygens (including phenoxy) is 1. The molecule has 0 spiro atoms. The molecule has 1 atom stereocenters. The molecule has 0 heterocycles. The van der Waals surface area contributed by atoms with Crippen molar-refractivity contribution in [1.29, 1.82) is 0 Å². The summed E-state index contributed by atoms with van der Waals surface area (Å²) in [6, 6.07) is 14.7. The fourth-order valence-corrected chi connectivity index (χ4v) is 2.58. The van der Waals surface area contributed by atoms with Crippen molar-refractivity contribution in [2.45, 2.75) is 13.0 Å². The summed E-state index contributed by atoms with van der Waals surface area (Å²) in [5.41, 5.74) is 3.52. The Morgan fingerprint density at radius 2 is 1.84 bits per heavy atom. The molecular formula is C16H18BrNO. The van der Waals surface area contributed by atoms with Crippen LogP contribution in [0.3, 0.4) is 0 Å². The summed E-state index contributed by atoms with van der Waals surface area (Å²) in [6.45, 7) is 2.06. The molecule has 0 aliphatic heterocycles. The van der Waals surface area contributed by atoms with Gasteiger partial charge in [0.05, 0.1) is 13.2 Å². The second-order valence-electron chi connectivity index (χ2n) is 4.48. The zero-order valence-electron chi connectivity index (χ0n) is 11.4. The van der Waals surface area contributed by atoms with Crippen LogP contribution in [0.2, 0.25) is 0 Å². The largest absolute Gasteiger partial charge is 0.496 e. The molecule has 3 heteroatoms. The predicted octanol–water partition coefficient (Wildman–Crippen LogP) is 4.07.